The lowest BCUT2D eigenvalue weighted by Gasteiger charge is -2.37. The molecule has 1 aliphatic rings. The number of esters is 1. The van der Waals surface area contributed by atoms with Crippen molar-refractivity contribution in [3.63, 3.8) is 0 Å². The number of ether oxygens (including phenoxy) is 1. The number of nitro groups is 1. The van der Waals surface area contributed by atoms with Crippen LogP contribution in [0.4, 0.5) is 0 Å². The standard InChI is InChI=1S/C12H19N3O5/c1-3-20-11(17)12(6-4-7-13-15(18)19)9-14(2)8-5-10(12)16/h7H,3-6,8-9H2,1-2H3/b13-7+. The molecule has 20 heavy (non-hydrogen) atoms. The molecule has 0 aromatic carbocycles. The fourth-order valence-electron chi connectivity index (χ4n) is 2.36. The van der Waals surface area contributed by atoms with Crippen LogP contribution in [0.5, 0.6) is 0 Å². The summed E-state index contributed by atoms with van der Waals surface area (Å²) >= 11 is 0. The van der Waals surface area contributed by atoms with Gasteiger partial charge in [0, 0.05) is 19.5 Å². The number of Topliss-reactive ketones (excluding diaryl/α,β-unsaturated/α-hetero) is 1. The number of carbonyl (C=O) groups excluding carboxylic acids is 2. The van der Waals surface area contributed by atoms with Crippen molar-refractivity contribution in [2.45, 2.75) is 26.2 Å². The number of carbonyl (C=O) groups is 2. The smallest absolute Gasteiger partial charge is 0.320 e. The molecule has 1 fully saturated rings. The van der Waals surface area contributed by atoms with E-state index in [-0.39, 0.29) is 38.2 Å². The summed E-state index contributed by atoms with van der Waals surface area (Å²) in [6.07, 6.45) is 1.75. The third-order valence-corrected chi connectivity index (χ3v) is 3.34. The van der Waals surface area contributed by atoms with Gasteiger partial charge in [0.1, 0.15) is 5.41 Å². The highest BCUT2D eigenvalue weighted by Crippen LogP contribution is 2.32. The van der Waals surface area contributed by atoms with E-state index in [4.69, 9.17) is 4.74 Å². The molecule has 0 radical (unpaired) electrons. The molecular formula is C12H19N3O5. The first kappa shape index (κ1) is 16.2. The largest absolute Gasteiger partial charge is 0.465 e. The molecule has 8 heteroatoms. The van der Waals surface area contributed by atoms with Gasteiger partial charge in [0.25, 0.3) is 0 Å². The Labute approximate surface area is 116 Å². The Hall–Kier alpha value is -1.83. The van der Waals surface area contributed by atoms with E-state index in [9.17, 15) is 19.7 Å². The summed E-state index contributed by atoms with van der Waals surface area (Å²) in [4.78, 5) is 36.4. The van der Waals surface area contributed by atoms with Crippen LogP contribution in [0.15, 0.2) is 5.10 Å². The molecule has 1 rings (SSSR count). The van der Waals surface area contributed by atoms with E-state index in [1.807, 2.05) is 11.9 Å². The van der Waals surface area contributed by atoms with Gasteiger partial charge in [-0.2, -0.15) is 0 Å². The molecule has 0 bridgehead atoms. The highest BCUT2D eigenvalue weighted by atomic mass is 16.7. The summed E-state index contributed by atoms with van der Waals surface area (Å²) < 4.78 is 5.02. The Bertz CT molecular complexity index is 423. The van der Waals surface area contributed by atoms with Gasteiger partial charge in [0.2, 0.25) is 0 Å². The van der Waals surface area contributed by atoms with Crippen LogP contribution in [0, 0.1) is 15.5 Å². The number of piperidine rings is 1. The van der Waals surface area contributed by atoms with Crippen molar-refractivity contribution in [3.05, 3.63) is 10.1 Å². The predicted molar refractivity (Wildman–Crippen MR) is 70.9 cm³/mol. The van der Waals surface area contributed by atoms with Gasteiger partial charge in [-0.3, -0.25) is 9.59 Å². The van der Waals surface area contributed by atoms with Crippen molar-refractivity contribution in [3.8, 4) is 0 Å². The van der Waals surface area contributed by atoms with Gasteiger partial charge in [-0.1, -0.05) is 0 Å². The average Bonchev–Trinajstić information content (AvgIpc) is 2.38. The van der Waals surface area contributed by atoms with Gasteiger partial charge >= 0.3 is 5.97 Å². The minimum Gasteiger partial charge on any atom is -0.465 e. The van der Waals surface area contributed by atoms with Crippen LogP contribution in [0.3, 0.4) is 0 Å². The molecule has 0 aromatic rings. The highest BCUT2D eigenvalue weighted by Gasteiger charge is 2.48. The van der Waals surface area contributed by atoms with Crippen LogP contribution < -0.4 is 0 Å². The van der Waals surface area contributed by atoms with Crippen molar-refractivity contribution in [2.24, 2.45) is 10.5 Å². The Kier molecular flexibility index (Phi) is 5.75. The number of hydrazone groups is 1. The van der Waals surface area contributed by atoms with Gasteiger partial charge < -0.3 is 9.64 Å². The number of rotatable bonds is 6. The SMILES string of the molecule is CCOC(=O)C1(CC/C=N/[N+](=O)[O-])CN(C)CCC1=O. The maximum absolute atomic E-state index is 12.2. The van der Waals surface area contributed by atoms with Crippen LogP contribution in [0.1, 0.15) is 26.2 Å². The molecule has 0 aromatic heterocycles. The molecule has 1 heterocycles. The first-order chi connectivity index (χ1) is 9.42. The first-order valence-electron chi connectivity index (χ1n) is 6.48. The Morgan fingerprint density at radius 2 is 2.35 bits per heavy atom. The summed E-state index contributed by atoms with van der Waals surface area (Å²) in [6.45, 7) is 2.75. The highest BCUT2D eigenvalue weighted by molar-refractivity contribution is 6.04. The van der Waals surface area contributed by atoms with Crippen molar-refractivity contribution < 1.29 is 19.4 Å². The van der Waals surface area contributed by atoms with E-state index < -0.39 is 16.4 Å². The van der Waals surface area contributed by atoms with E-state index in [0.29, 0.717) is 6.54 Å². The molecular weight excluding hydrogens is 266 g/mol. The molecule has 1 atom stereocenters. The van der Waals surface area contributed by atoms with Crippen LogP contribution in [-0.2, 0) is 14.3 Å². The van der Waals surface area contributed by atoms with E-state index in [0.717, 1.165) is 6.21 Å². The number of hydrogen-bond donors (Lipinski definition) is 0. The van der Waals surface area contributed by atoms with Gasteiger partial charge in [-0.05, 0) is 26.8 Å². The lowest BCUT2D eigenvalue weighted by molar-refractivity contribution is -0.484. The van der Waals surface area contributed by atoms with E-state index >= 15 is 0 Å². The lowest BCUT2D eigenvalue weighted by atomic mass is 9.75. The van der Waals surface area contributed by atoms with Crippen LogP contribution in [-0.4, -0.2) is 54.6 Å². The average molecular weight is 285 g/mol. The van der Waals surface area contributed by atoms with Crippen molar-refractivity contribution in [1.29, 1.82) is 0 Å². The number of hydrogen-bond acceptors (Lipinski definition) is 6. The molecule has 112 valence electrons. The monoisotopic (exact) mass is 285 g/mol. The number of nitrogens with zero attached hydrogens (tertiary/aromatic N) is 3. The third-order valence-electron chi connectivity index (χ3n) is 3.34. The van der Waals surface area contributed by atoms with Gasteiger partial charge in [-0.25, -0.2) is 10.1 Å². The second-order valence-electron chi connectivity index (χ2n) is 4.79. The van der Waals surface area contributed by atoms with Crippen molar-refractivity contribution in [2.75, 3.05) is 26.7 Å². The van der Waals surface area contributed by atoms with E-state index in [2.05, 4.69) is 5.10 Å². The van der Waals surface area contributed by atoms with Crippen LogP contribution >= 0.6 is 0 Å². The Balaban J connectivity index is 2.86. The van der Waals surface area contributed by atoms with Gasteiger partial charge in [-0.15, -0.1) is 0 Å². The van der Waals surface area contributed by atoms with Crippen LogP contribution in [0.2, 0.25) is 0 Å². The fraction of sp³-hybridized carbons (Fsp3) is 0.750. The fourth-order valence-corrected chi connectivity index (χ4v) is 2.36. The summed E-state index contributed by atoms with van der Waals surface area (Å²) in [7, 11) is 1.82. The van der Waals surface area contributed by atoms with E-state index in [1.54, 1.807) is 6.92 Å². The molecule has 1 saturated heterocycles. The number of ketones is 1. The summed E-state index contributed by atoms with van der Waals surface area (Å²) in [5.41, 5.74) is -1.23. The Morgan fingerprint density at radius 3 is 2.95 bits per heavy atom. The maximum Gasteiger partial charge on any atom is 0.320 e. The lowest BCUT2D eigenvalue weighted by Crippen LogP contribution is -2.53. The molecule has 8 nitrogen and oxygen atoms in total. The zero-order valence-electron chi connectivity index (χ0n) is 11.7. The van der Waals surface area contributed by atoms with Crippen molar-refractivity contribution in [1.82, 2.24) is 4.90 Å². The zero-order valence-corrected chi connectivity index (χ0v) is 11.7. The zero-order chi connectivity index (χ0) is 15.2. The minimum atomic E-state index is -1.23. The molecule has 0 aliphatic carbocycles. The third kappa shape index (κ3) is 3.83. The second-order valence-corrected chi connectivity index (χ2v) is 4.79. The number of likely N-dealkylation sites (tertiary alicyclic amines) is 1. The maximum atomic E-state index is 12.2. The van der Waals surface area contributed by atoms with Gasteiger partial charge in [0.15, 0.2) is 10.8 Å². The predicted octanol–water partition coefficient (Wildman–Crippen LogP) is 0.483. The summed E-state index contributed by atoms with van der Waals surface area (Å²) in [6, 6.07) is 0. The summed E-state index contributed by atoms with van der Waals surface area (Å²) in [5.74, 6) is -0.713. The normalized spacial score (nSPS) is 24.0. The van der Waals surface area contributed by atoms with Crippen LogP contribution in [0.25, 0.3) is 0 Å². The molecule has 0 saturated carbocycles. The topological polar surface area (TPSA) is 102 Å². The quantitative estimate of drug-likeness (QED) is 0.231. The Morgan fingerprint density at radius 1 is 1.65 bits per heavy atom. The molecule has 0 spiro atoms. The van der Waals surface area contributed by atoms with Crippen molar-refractivity contribution >= 4 is 18.0 Å². The molecule has 1 unspecified atom stereocenters. The molecule has 1 aliphatic heterocycles. The van der Waals surface area contributed by atoms with Gasteiger partial charge in [0.05, 0.1) is 17.9 Å². The van der Waals surface area contributed by atoms with E-state index in [1.165, 1.54) is 0 Å². The molecule has 0 amide bonds. The first-order valence-corrected chi connectivity index (χ1v) is 6.48. The molecule has 0 N–H and O–H groups in total. The second kappa shape index (κ2) is 7.09. The minimum absolute atomic E-state index is 0.163. The summed E-state index contributed by atoms with van der Waals surface area (Å²) in [5, 5.41) is 12.3.